The average Bonchev–Trinajstić information content (AvgIpc) is 3.39. The van der Waals surface area contributed by atoms with Gasteiger partial charge in [0.15, 0.2) is 0 Å². The van der Waals surface area contributed by atoms with Crippen molar-refractivity contribution in [3.63, 3.8) is 0 Å². The van der Waals surface area contributed by atoms with Crippen LogP contribution in [0.2, 0.25) is 0 Å². The summed E-state index contributed by atoms with van der Waals surface area (Å²) in [6.45, 7) is 0. The van der Waals surface area contributed by atoms with Crippen molar-refractivity contribution in [3.8, 4) is 5.75 Å². The van der Waals surface area contributed by atoms with E-state index < -0.39 is 0 Å². The number of imide groups is 1. The third kappa shape index (κ3) is 2.09. The van der Waals surface area contributed by atoms with Crippen LogP contribution in [0.15, 0.2) is 39.9 Å². The molecule has 6 heteroatoms. The van der Waals surface area contributed by atoms with E-state index in [2.05, 4.69) is 33.2 Å². The predicted molar refractivity (Wildman–Crippen MR) is 94.8 cm³/mol. The Bertz CT molecular complexity index is 813. The highest BCUT2D eigenvalue weighted by molar-refractivity contribution is 9.10. The fourth-order valence-corrected chi connectivity index (χ4v) is 5.50. The van der Waals surface area contributed by atoms with Gasteiger partial charge in [0.25, 0.3) is 11.8 Å². The number of rotatable bonds is 3. The highest BCUT2D eigenvalue weighted by Gasteiger charge is 2.67. The summed E-state index contributed by atoms with van der Waals surface area (Å²) in [5, 5.41) is 5.34. The monoisotopic (exact) mass is 400 g/mol. The molecule has 1 aromatic carbocycles. The highest BCUT2D eigenvalue weighted by Crippen LogP contribution is 2.65. The summed E-state index contributed by atoms with van der Waals surface area (Å²) < 4.78 is 6.00. The Labute approximate surface area is 153 Å². The van der Waals surface area contributed by atoms with Gasteiger partial charge in [0, 0.05) is 0 Å². The van der Waals surface area contributed by atoms with Gasteiger partial charge in [-0.05, 0) is 69.8 Å². The molecule has 6 rings (SSSR count). The number of hydrazone groups is 1. The molecule has 0 unspecified atom stereocenters. The van der Waals surface area contributed by atoms with E-state index >= 15 is 0 Å². The molecule has 5 nitrogen and oxygen atoms in total. The summed E-state index contributed by atoms with van der Waals surface area (Å²) in [7, 11) is 1.60. The number of halogens is 1. The van der Waals surface area contributed by atoms with Crippen molar-refractivity contribution in [2.24, 2.45) is 40.6 Å². The summed E-state index contributed by atoms with van der Waals surface area (Å²) in [5.74, 6) is 1.71. The molecule has 0 aromatic heterocycles. The number of benzene rings is 1. The summed E-state index contributed by atoms with van der Waals surface area (Å²) in [6.07, 6.45) is 7.06. The van der Waals surface area contributed by atoms with Crippen molar-refractivity contribution in [2.45, 2.75) is 6.42 Å². The van der Waals surface area contributed by atoms with E-state index in [9.17, 15) is 9.59 Å². The van der Waals surface area contributed by atoms with Crippen LogP contribution in [0.5, 0.6) is 5.75 Å². The van der Waals surface area contributed by atoms with E-state index in [0.717, 1.165) is 20.8 Å². The Kier molecular flexibility index (Phi) is 3.23. The molecular formula is C19H17BrN2O3. The fraction of sp³-hybridized carbons (Fsp3) is 0.421. The van der Waals surface area contributed by atoms with Crippen molar-refractivity contribution in [2.75, 3.05) is 7.11 Å². The first-order valence-electron chi connectivity index (χ1n) is 8.54. The molecule has 5 aliphatic rings. The van der Waals surface area contributed by atoms with Gasteiger partial charge in [0.2, 0.25) is 0 Å². The van der Waals surface area contributed by atoms with E-state index in [1.54, 1.807) is 13.3 Å². The molecule has 0 N–H and O–H groups in total. The standard InChI is InChI=1S/C19H17BrN2O3/c1-25-15-5-2-9(6-14(15)20)8-21-22-18(23)16-10-3-4-11(13-7-12(10)13)17(16)19(22)24/h2-6,8,10-13,16-17H,7H2,1H3/b21-8-/t10-,11-,12-,13+,16+,17+/m0/s1. The molecule has 2 saturated carbocycles. The summed E-state index contributed by atoms with van der Waals surface area (Å²) in [6, 6.07) is 5.50. The number of allylic oxidation sites excluding steroid dienone is 2. The van der Waals surface area contributed by atoms with Crippen LogP contribution < -0.4 is 4.74 Å². The topological polar surface area (TPSA) is 59.0 Å². The van der Waals surface area contributed by atoms with E-state index in [1.165, 1.54) is 6.42 Å². The molecule has 1 aliphatic heterocycles. The van der Waals surface area contributed by atoms with Crippen LogP contribution in [-0.4, -0.2) is 30.1 Å². The molecule has 1 heterocycles. The number of nitrogens with zero attached hydrogens (tertiary/aromatic N) is 2. The lowest BCUT2D eigenvalue weighted by molar-refractivity contribution is -0.140. The number of hydrogen-bond acceptors (Lipinski definition) is 4. The number of ether oxygens (including phenoxy) is 1. The van der Waals surface area contributed by atoms with Gasteiger partial charge in [-0.1, -0.05) is 12.2 Å². The summed E-state index contributed by atoms with van der Waals surface area (Å²) in [5.41, 5.74) is 0.798. The minimum absolute atomic E-state index is 0.136. The zero-order valence-electron chi connectivity index (χ0n) is 13.6. The lowest BCUT2D eigenvalue weighted by Crippen LogP contribution is -2.40. The molecule has 25 heavy (non-hydrogen) atoms. The van der Waals surface area contributed by atoms with E-state index in [0.29, 0.717) is 11.8 Å². The van der Waals surface area contributed by atoms with Crippen molar-refractivity contribution in [1.82, 2.24) is 5.01 Å². The average molecular weight is 401 g/mol. The van der Waals surface area contributed by atoms with Crippen LogP contribution in [0.1, 0.15) is 12.0 Å². The Morgan fingerprint density at radius 2 is 1.80 bits per heavy atom. The molecule has 0 radical (unpaired) electrons. The first-order valence-corrected chi connectivity index (χ1v) is 9.33. The second-order valence-corrected chi connectivity index (χ2v) is 8.14. The molecule has 128 valence electrons. The Balaban J connectivity index is 1.41. The Hall–Kier alpha value is -1.95. The maximum absolute atomic E-state index is 12.8. The van der Waals surface area contributed by atoms with Gasteiger partial charge in [-0.25, -0.2) is 0 Å². The van der Waals surface area contributed by atoms with E-state index in [-0.39, 0.29) is 35.5 Å². The Morgan fingerprint density at radius 3 is 2.36 bits per heavy atom. The SMILES string of the molecule is COc1ccc(/C=N\N2C(=O)[C@@H]3[C@H]4C=C[C@@H]([C@@H]5C[C@H]45)[C@H]3C2=O)cc1Br. The van der Waals surface area contributed by atoms with Crippen LogP contribution >= 0.6 is 15.9 Å². The number of amides is 2. The van der Waals surface area contributed by atoms with Crippen LogP contribution in [0, 0.1) is 35.5 Å². The van der Waals surface area contributed by atoms with Crippen molar-refractivity contribution >= 4 is 34.0 Å². The third-order valence-electron chi connectivity index (χ3n) is 6.14. The first-order chi connectivity index (χ1) is 12.1. The van der Waals surface area contributed by atoms with Crippen LogP contribution in [0.25, 0.3) is 0 Å². The molecule has 2 bridgehead atoms. The molecule has 4 aliphatic carbocycles. The lowest BCUT2D eigenvalue weighted by Gasteiger charge is -2.37. The van der Waals surface area contributed by atoms with Crippen molar-refractivity contribution < 1.29 is 14.3 Å². The minimum atomic E-state index is -0.203. The molecule has 3 fully saturated rings. The number of carbonyl (C=O) groups excluding carboxylic acids is 2. The van der Waals surface area contributed by atoms with Gasteiger partial charge >= 0.3 is 0 Å². The minimum Gasteiger partial charge on any atom is -0.496 e. The third-order valence-corrected chi connectivity index (χ3v) is 6.76. The summed E-state index contributed by atoms with van der Waals surface area (Å²) in [4.78, 5) is 25.6. The van der Waals surface area contributed by atoms with Gasteiger partial charge in [-0.3, -0.25) is 9.59 Å². The molecule has 0 spiro atoms. The fourth-order valence-electron chi connectivity index (χ4n) is 4.94. The maximum Gasteiger partial charge on any atom is 0.254 e. The predicted octanol–water partition coefficient (Wildman–Crippen LogP) is 2.84. The molecule has 1 aromatic rings. The quantitative estimate of drug-likeness (QED) is 0.445. The molecule has 6 atom stereocenters. The number of methoxy groups -OCH3 is 1. The molecule has 1 saturated heterocycles. The second kappa shape index (κ2) is 5.27. The van der Waals surface area contributed by atoms with Crippen LogP contribution in [0.4, 0.5) is 0 Å². The van der Waals surface area contributed by atoms with Crippen molar-refractivity contribution in [3.05, 3.63) is 40.4 Å². The highest BCUT2D eigenvalue weighted by atomic mass is 79.9. The second-order valence-electron chi connectivity index (χ2n) is 7.28. The first kappa shape index (κ1) is 15.3. The van der Waals surface area contributed by atoms with Crippen LogP contribution in [0.3, 0.4) is 0 Å². The molecule has 2 amide bonds. The van der Waals surface area contributed by atoms with Gasteiger partial charge < -0.3 is 4.74 Å². The maximum atomic E-state index is 12.8. The zero-order chi connectivity index (χ0) is 17.3. The Morgan fingerprint density at radius 1 is 1.16 bits per heavy atom. The normalized spacial score (nSPS) is 37.6. The summed E-state index contributed by atoms with van der Waals surface area (Å²) >= 11 is 3.43. The van der Waals surface area contributed by atoms with Gasteiger partial charge in [-0.2, -0.15) is 10.1 Å². The molecular weight excluding hydrogens is 384 g/mol. The van der Waals surface area contributed by atoms with Gasteiger partial charge in [0.05, 0.1) is 29.6 Å². The van der Waals surface area contributed by atoms with Crippen LogP contribution in [-0.2, 0) is 9.59 Å². The van der Waals surface area contributed by atoms with Crippen molar-refractivity contribution in [1.29, 1.82) is 0 Å². The van der Waals surface area contributed by atoms with E-state index in [4.69, 9.17) is 4.74 Å². The zero-order valence-corrected chi connectivity index (χ0v) is 15.2. The lowest BCUT2D eigenvalue weighted by atomic mass is 9.63. The van der Waals surface area contributed by atoms with Gasteiger partial charge in [0.1, 0.15) is 5.75 Å². The number of carbonyl (C=O) groups is 2. The largest absolute Gasteiger partial charge is 0.496 e. The smallest absolute Gasteiger partial charge is 0.254 e. The van der Waals surface area contributed by atoms with E-state index in [1.807, 2.05) is 18.2 Å². The number of hydrogen-bond donors (Lipinski definition) is 0. The van der Waals surface area contributed by atoms with Gasteiger partial charge in [-0.15, -0.1) is 0 Å².